The van der Waals surface area contributed by atoms with E-state index in [1.807, 2.05) is 55.6 Å². The molecule has 1 aromatic heterocycles. The fourth-order valence-corrected chi connectivity index (χ4v) is 3.51. The summed E-state index contributed by atoms with van der Waals surface area (Å²) in [5.74, 6) is 0.150. The topological polar surface area (TPSA) is 47.4 Å². The van der Waals surface area contributed by atoms with Gasteiger partial charge >= 0.3 is 0 Å². The van der Waals surface area contributed by atoms with Crippen molar-refractivity contribution in [2.24, 2.45) is 7.05 Å². The SMILES string of the molecule is Cc1cccc(CC(=O)N2CCOCC2c2c(C)nn(C)c2C)c1. The van der Waals surface area contributed by atoms with Gasteiger partial charge in [0.25, 0.3) is 0 Å². The van der Waals surface area contributed by atoms with Crippen LogP contribution in [0.4, 0.5) is 0 Å². The highest BCUT2D eigenvalue weighted by Crippen LogP contribution is 2.29. The van der Waals surface area contributed by atoms with Crippen molar-refractivity contribution in [3.8, 4) is 0 Å². The van der Waals surface area contributed by atoms with Crippen LogP contribution in [0.25, 0.3) is 0 Å². The van der Waals surface area contributed by atoms with Crippen LogP contribution in [0.5, 0.6) is 0 Å². The maximum Gasteiger partial charge on any atom is 0.227 e. The zero-order valence-electron chi connectivity index (χ0n) is 14.9. The average molecular weight is 327 g/mol. The second-order valence-corrected chi connectivity index (χ2v) is 6.55. The predicted octanol–water partition coefficient (Wildman–Crippen LogP) is 2.49. The van der Waals surface area contributed by atoms with Gasteiger partial charge in [-0.2, -0.15) is 5.10 Å². The highest BCUT2D eigenvalue weighted by Gasteiger charge is 2.32. The maximum atomic E-state index is 12.9. The van der Waals surface area contributed by atoms with Crippen LogP contribution in [-0.2, 0) is 23.0 Å². The number of benzene rings is 1. The first-order valence-electron chi connectivity index (χ1n) is 8.40. The van der Waals surface area contributed by atoms with Crippen LogP contribution in [0.15, 0.2) is 24.3 Å². The standard InChI is InChI=1S/C19H25N3O2/c1-13-6-5-7-16(10-13)11-18(23)22-8-9-24-12-17(22)19-14(2)20-21(4)15(19)3/h5-7,10,17H,8-9,11-12H2,1-4H3. The second-order valence-electron chi connectivity index (χ2n) is 6.55. The molecule has 1 atom stereocenters. The molecule has 5 nitrogen and oxygen atoms in total. The van der Waals surface area contributed by atoms with Crippen LogP contribution >= 0.6 is 0 Å². The molecule has 2 aromatic rings. The summed E-state index contributed by atoms with van der Waals surface area (Å²) >= 11 is 0. The molecule has 0 aliphatic carbocycles. The minimum absolute atomic E-state index is 0.0511. The summed E-state index contributed by atoms with van der Waals surface area (Å²) in [6.07, 6.45) is 0.427. The number of carbonyl (C=O) groups is 1. The zero-order valence-corrected chi connectivity index (χ0v) is 14.9. The monoisotopic (exact) mass is 327 g/mol. The van der Waals surface area contributed by atoms with Gasteiger partial charge in [-0.05, 0) is 26.3 Å². The third-order valence-electron chi connectivity index (χ3n) is 4.78. The van der Waals surface area contributed by atoms with Crippen molar-refractivity contribution in [1.29, 1.82) is 0 Å². The Bertz CT molecular complexity index is 751. The summed E-state index contributed by atoms with van der Waals surface area (Å²) in [6.45, 7) is 7.85. The van der Waals surface area contributed by atoms with Crippen molar-refractivity contribution in [1.82, 2.24) is 14.7 Å². The Morgan fingerprint density at radius 1 is 1.33 bits per heavy atom. The van der Waals surface area contributed by atoms with Crippen molar-refractivity contribution in [2.75, 3.05) is 19.8 Å². The molecule has 128 valence electrons. The summed E-state index contributed by atoms with van der Waals surface area (Å²) in [5.41, 5.74) is 5.42. The molecule has 24 heavy (non-hydrogen) atoms. The Labute approximate surface area is 143 Å². The summed E-state index contributed by atoms with van der Waals surface area (Å²) in [6, 6.07) is 8.09. The third-order valence-corrected chi connectivity index (χ3v) is 4.78. The lowest BCUT2D eigenvalue weighted by atomic mass is 10.0. The second kappa shape index (κ2) is 6.77. The molecule has 0 bridgehead atoms. The first-order valence-corrected chi connectivity index (χ1v) is 8.40. The number of hydrogen-bond donors (Lipinski definition) is 0. The van der Waals surface area contributed by atoms with Crippen molar-refractivity contribution in [3.05, 3.63) is 52.3 Å². The van der Waals surface area contributed by atoms with Crippen molar-refractivity contribution < 1.29 is 9.53 Å². The molecular formula is C19H25N3O2. The molecule has 1 amide bonds. The van der Waals surface area contributed by atoms with Crippen LogP contribution in [-0.4, -0.2) is 40.3 Å². The lowest BCUT2D eigenvalue weighted by Gasteiger charge is -2.36. The van der Waals surface area contributed by atoms with E-state index in [9.17, 15) is 4.79 Å². The van der Waals surface area contributed by atoms with Gasteiger partial charge in [0.1, 0.15) is 0 Å². The van der Waals surface area contributed by atoms with Crippen molar-refractivity contribution >= 4 is 5.91 Å². The molecule has 0 radical (unpaired) electrons. The van der Waals surface area contributed by atoms with Crippen molar-refractivity contribution in [2.45, 2.75) is 33.2 Å². The van der Waals surface area contributed by atoms with Gasteiger partial charge < -0.3 is 9.64 Å². The predicted molar refractivity (Wildman–Crippen MR) is 92.8 cm³/mol. The van der Waals surface area contributed by atoms with Gasteiger partial charge in [-0.1, -0.05) is 29.8 Å². The number of rotatable bonds is 3. The van der Waals surface area contributed by atoms with Gasteiger partial charge in [-0.25, -0.2) is 0 Å². The fourth-order valence-electron chi connectivity index (χ4n) is 3.51. The molecule has 1 fully saturated rings. The molecular weight excluding hydrogens is 302 g/mol. The van der Waals surface area contributed by atoms with Gasteiger partial charge in [0.05, 0.1) is 31.4 Å². The number of aryl methyl sites for hydroxylation is 3. The molecule has 0 spiro atoms. The number of nitrogens with zero attached hydrogens (tertiary/aromatic N) is 3. The Balaban J connectivity index is 1.85. The first kappa shape index (κ1) is 16.7. The van der Waals surface area contributed by atoms with E-state index in [0.717, 1.165) is 22.5 Å². The molecule has 1 aromatic carbocycles. The number of morpholine rings is 1. The van der Waals surface area contributed by atoms with Crippen LogP contribution < -0.4 is 0 Å². The van der Waals surface area contributed by atoms with E-state index in [2.05, 4.69) is 11.2 Å². The number of amides is 1. The number of carbonyl (C=O) groups excluding carboxylic acids is 1. The first-order chi connectivity index (χ1) is 11.5. The lowest BCUT2D eigenvalue weighted by molar-refractivity contribution is -0.139. The van der Waals surface area contributed by atoms with Gasteiger partial charge in [0.2, 0.25) is 5.91 Å². The van der Waals surface area contributed by atoms with Gasteiger partial charge in [0.15, 0.2) is 0 Å². The van der Waals surface area contributed by atoms with Crippen LogP contribution in [0.2, 0.25) is 0 Å². The summed E-state index contributed by atoms with van der Waals surface area (Å²) in [7, 11) is 1.94. The quantitative estimate of drug-likeness (QED) is 0.870. The van der Waals surface area contributed by atoms with Gasteiger partial charge in [-0.3, -0.25) is 9.48 Å². The van der Waals surface area contributed by atoms with Crippen LogP contribution in [0.1, 0.15) is 34.1 Å². The Morgan fingerprint density at radius 2 is 2.12 bits per heavy atom. The summed E-state index contributed by atoms with van der Waals surface area (Å²) < 4.78 is 7.55. The minimum atomic E-state index is -0.0511. The highest BCUT2D eigenvalue weighted by molar-refractivity contribution is 5.79. The van der Waals surface area contributed by atoms with Crippen LogP contribution in [0, 0.1) is 20.8 Å². The molecule has 1 aliphatic heterocycles. The van der Waals surface area contributed by atoms with E-state index in [4.69, 9.17) is 4.74 Å². The van der Waals surface area contributed by atoms with E-state index in [1.165, 1.54) is 5.56 Å². The van der Waals surface area contributed by atoms with Gasteiger partial charge in [0, 0.05) is 24.8 Å². The van der Waals surface area contributed by atoms with E-state index in [0.29, 0.717) is 26.2 Å². The minimum Gasteiger partial charge on any atom is -0.377 e. The van der Waals surface area contributed by atoms with E-state index < -0.39 is 0 Å². The Hall–Kier alpha value is -2.14. The summed E-state index contributed by atoms with van der Waals surface area (Å²) in [4.78, 5) is 14.9. The molecule has 2 heterocycles. The molecule has 1 aliphatic rings. The third kappa shape index (κ3) is 3.22. The zero-order chi connectivity index (χ0) is 17.3. The van der Waals surface area contributed by atoms with Crippen LogP contribution in [0.3, 0.4) is 0 Å². The molecule has 3 rings (SSSR count). The molecule has 0 saturated carbocycles. The lowest BCUT2D eigenvalue weighted by Crippen LogP contribution is -2.44. The Morgan fingerprint density at radius 3 is 2.79 bits per heavy atom. The number of hydrogen-bond acceptors (Lipinski definition) is 3. The largest absolute Gasteiger partial charge is 0.377 e. The van der Waals surface area contributed by atoms with Crippen molar-refractivity contribution in [3.63, 3.8) is 0 Å². The number of ether oxygens (including phenoxy) is 1. The molecule has 1 unspecified atom stereocenters. The maximum absolute atomic E-state index is 12.9. The summed E-state index contributed by atoms with van der Waals surface area (Å²) in [5, 5.41) is 4.50. The number of aromatic nitrogens is 2. The molecule has 1 saturated heterocycles. The van der Waals surface area contributed by atoms with E-state index in [-0.39, 0.29) is 11.9 Å². The molecule has 0 N–H and O–H groups in total. The molecule has 5 heteroatoms. The van der Waals surface area contributed by atoms with E-state index in [1.54, 1.807) is 0 Å². The fraction of sp³-hybridized carbons (Fsp3) is 0.474. The Kier molecular flexibility index (Phi) is 4.71. The van der Waals surface area contributed by atoms with E-state index >= 15 is 0 Å². The van der Waals surface area contributed by atoms with Gasteiger partial charge in [-0.15, -0.1) is 0 Å². The smallest absolute Gasteiger partial charge is 0.227 e. The highest BCUT2D eigenvalue weighted by atomic mass is 16.5. The normalized spacial score (nSPS) is 18.0. The average Bonchev–Trinajstić information content (AvgIpc) is 2.80.